The fraction of sp³-hybridized carbons (Fsp3) is 0.0556. The van der Waals surface area contributed by atoms with Crippen LogP contribution in [0.1, 0.15) is 5.69 Å². The van der Waals surface area contributed by atoms with Gasteiger partial charge < -0.3 is 10.1 Å². The number of imidazole rings is 1. The highest BCUT2D eigenvalue weighted by Crippen LogP contribution is 2.28. The fourth-order valence-electron chi connectivity index (χ4n) is 2.82. The van der Waals surface area contributed by atoms with Crippen LogP contribution in [0.5, 0.6) is 0 Å². The minimum atomic E-state index is 0.702. The number of aryl methyl sites for hydroxylation is 1. The molecular weight excluding hydrogens is 258 g/mol. The largest absolute Gasteiger partial charge is 0.396 e. The van der Waals surface area contributed by atoms with Crippen molar-refractivity contribution in [3.8, 4) is 11.3 Å². The van der Waals surface area contributed by atoms with Gasteiger partial charge in [0.25, 0.3) is 0 Å². The summed E-state index contributed by atoms with van der Waals surface area (Å²) in [5.41, 5.74) is 10.8. The number of nitrogens with two attached hydrogens (primary N) is 1. The Labute approximate surface area is 122 Å². The van der Waals surface area contributed by atoms with Gasteiger partial charge in [0.2, 0.25) is 0 Å². The number of hydrogen-bond acceptors (Lipinski definition) is 2. The lowest BCUT2D eigenvalue weighted by atomic mass is 10.0. The molecule has 0 aliphatic rings. The van der Waals surface area contributed by atoms with Crippen LogP contribution in [0.2, 0.25) is 0 Å². The van der Waals surface area contributed by atoms with Crippen LogP contribution in [0.4, 0.5) is 5.69 Å². The summed E-state index contributed by atoms with van der Waals surface area (Å²) in [4.78, 5) is 4.73. The fourth-order valence-corrected chi connectivity index (χ4v) is 2.82. The van der Waals surface area contributed by atoms with Gasteiger partial charge in [-0.05, 0) is 35.9 Å². The molecule has 4 aromatic rings. The standard InChI is InChI=1S/C18H15N3/c1-12-17(20-18-16(19)7-4-10-21(12)18)15-9-8-13-5-2-3-6-14(13)11-15/h2-11H,19H2,1H3. The van der Waals surface area contributed by atoms with Crippen molar-refractivity contribution in [2.75, 3.05) is 5.73 Å². The van der Waals surface area contributed by atoms with Crippen LogP contribution in [-0.2, 0) is 0 Å². The van der Waals surface area contributed by atoms with Gasteiger partial charge in [0.05, 0.1) is 11.4 Å². The van der Waals surface area contributed by atoms with E-state index in [0.29, 0.717) is 5.69 Å². The molecule has 0 saturated carbocycles. The smallest absolute Gasteiger partial charge is 0.160 e. The Hall–Kier alpha value is -2.81. The Morgan fingerprint density at radius 3 is 2.57 bits per heavy atom. The maximum absolute atomic E-state index is 6.02. The molecule has 2 aromatic heterocycles. The van der Waals surface area contributed by atoms with E-state index in [1.165, 1.54) is 10.8 Å². The van der Waals surface area contributed by atoms with Gasteiger partial charge in [0.1, 0.15) is 0 Å². The van der Waals surface area contributed by atoms with Gasteiger partial charge >= 0.3 is 0 Å². The zero-order chi connectivity index (χ0) is 14.4. The van der Waals surface area contributed by atoms with E-state index in [1.807, 2.05) is 22.7 Å². The zero-order valence-corrected chi connectivity index (χ0v) is 11.7. The van der Waals surface area contributed by atoms with Gasteiger partial charge in [-0.15, -0.1) is 0 Å². The molecule has 0 spiro atoms. The van der Waals surface area contributed by atoms with E-state index in [-0.39, 0.29) is 0 Å². The second-order valence-electron chi connectivity index (χ2n) is 5.26. The van der Waals surface area contributed by atoms with Crippen LogP contribution in [-0.4, -0.2) is 9.38 Å². The highest BCUT2D eigenvalue weighted by molar-refractivity contribution is 5.87. The Morgan fingerprint density at radius 1 is 0.952 bits per heavy atom. The first-order valence-electron chi connectivity index (χ1n) is 6.96. The molecule has 4 rings (SSSR count). The summed E-state index contributed by atoms with van der Waals surface area (Å²) in [6.07, 6.45) is 2.00. The molecule has 0 atom stereocenters. The highest BCUT2D eigenvalue weighted by Gasteiger charge is 2.12. The molecule has 0 bridgehead atoms. The number of rotatable bonds is 1. The minimum Gasteiger partial charge on any atom is -0.396 e. The van der Waals surface area contributed by atoms with Crippen molar-refractivity contribution in [1.29, 1.82) is 0 Å². The third kappa shape index (κ3) is 1.78. The number of nitrogens with zero attached hydrogens (tertiary/aromatic N) is 2. The van der Waals surface area contributed by atoms with E-state index >= 15 is 0 Å². The van der Waals surface area contributed by atoms with Crippen LogP contribution in [0, 0.1) is 6.92 Å². The molecule has 2 aromatic carbocycles. The van der Waals surface area contributed by atoms with E-state index < -0.39 is 0 Å². The lowest BCUT2D eigenvalue weighted by molar-refractivity contribution is 1.11. The third-order valence-corrected chi connectivity index (χ3v) is 3.94. The topological polar surface area (TPSA) is 43.3 Å². The number of benzene rings is 2. The van der Waals surface area contributed by atoms with Crippen LogP contribution >= 0.6 is 0 Å². The lowest BCUT2D eigenvalue weighted by Gasteiger charge is -2.02. The first-order chi connectivity index (χ1) is 10.2. The average Bonchev–Trinajstić information content (AvgIpc) is 2.86. The minimum absolute atomic E-state index is 0.702. The summed E-state index contributed by atoms with van der Waals surface area (Å²) in [6.45, 7) is 2.07. The second-order valence-corrected chi connectivity index (χ2v) is 5.26. The van der Waals surface area contributed by atoms with Crippen LogP contribution in [0.3, 0.4) is 0 Å². The molecule has 0 aliphatic heterocycles. The number of fused-ring (bicyclic) bond motifs is 2. The highest BCUT2D eigenvalue weighted by atomic mass is 15.0. The van der Waals surface area contributed by atoms with Crippen molar-refractivity contribution in [1.82, 2.24) is 9.38 Å². The summed E-state index contributed by atoms with van der Waals surface area (Å²) >= 11 is 0. The molecule has 0 fully saturated rings. The molecule has 2 heterocycles. The van der Waals surface area contributed by atoms with E-state index in [0.717, 1.165) is 22.6 Å². The molecule has 0 radical (unpaired) electrons. The number of pyridine rings is 1. The van der Waals surface area contributed by atoms with Gasteiger partial charge in [-0.25, -0.2) is 4.98 Å². The Kier molecular flexibility index (Phi) is 2.48. The SMILES string of the molecule is Cc1c(-c2ccc3ccccc3c2)nc2c(N)cccn12. The molecule has 21 heavy (non-hydrogen) atoms. The van der Waals surface area contributed by atoms with Crippen molar-refractivity contribution in [2.45, 2.75) is 6.92 Å². The van der Waals surface area contributed by atoms with Crippen LogP contribution in [0.15, 0.2) is 60.8 Å². The molecule has 102 valence electrons. The predicted octanol–water partition coefficient (Wildman–Crippen LogP) is 4.05. The second kappa shape index (κ2) is 4.35. The van der Waals surface area contributed by atoms with Crippen molar-refractivity contribution in [3.63, 3.8) is 0 Å². The zero-order valence-electron chi connectivity index (χ0n) is 11.7. The number of hydrogen-bond donors (Lipinski definition) is 1. The molecule has 0 amide bonds. The van der Waals surface area contributed by atoms with Crippen LogP contribution in [0.25, 0.3) is 27.7 Å². The van der Waals surface area contributed by atoms with Crippen molar-refractivity contribution >= 4 is 22.1 Å². The van der Waals surface area contributed by atoms with Gasteiger partial charge in [0.15, 0.2) is 5.65 Å². The third-order valence-electron chi connectivity index (χ3n) is 3.94. The van der Waals surface area contributed by atoms with E-state index in [1.54, 1.807) is 0 Å². The molecule has 0 unspecified atom stereocenters. The van der Waals surface area contributed by atoms with Crippen molar-refractivity contribution in [3.05, 3.63) is 66.5 Å². The van der Waals surface area contributed by atoms with Gasteiger partial charge in [-0.2, -0.15) is 0 Å². The summed E-state index contributed by atoms with van der Waals surface area (Å²) in [7, 11) is 0. The summed E-state index contributed by atoms with van der Waals surface area (Å²) < 4.78 is 2.04. The van der Waals surface area contributed by atoms with Gasteiger partial charge in [-0.1, -0.05) is 36.4 Å². The lowest BCUT2D eigenvalue weighted by Crippen LogP contribution is -1.92. The normalized spacial score (nSPS) is 11.3. The maximum Gasteiger partial charge on any atom is 0.160 e. The first kappa shape index (κ1) is 12.0. The molecule has 2 N–H and O–H groups in total. The van der Waals surface area contributed by atoms with Crippen molar-refractivity contribution < 1.29 is 0 Å². The van der Waals surface area contributed by atoms with Gasteiger partial charge in [-0.3, -0.25) is 0 Å². The summed E-state index contributed by atoms with van der Waals surface area (Å²) in [5.74, 6) is 0. The molecule has 0 aliphatic carbocycles. The predicted molar refractivity (Wildman–Crippen MR) is 87.3 cm³/mol. The Morgan fingerprint density at radius 2 is 1.76 bits per heavy atom. The Bertz CT molecular complexity index is 967. The molecular formula is C18H15N3. The Balaban J connectivity index is 1.99. The quantitative estimate of drug-likeness (QED) is 0.568. The average molecular weight is 273 g/mol. The summed E-state index contributed by atoms with van der Waals surface area (Å²) in [6, 6.07) is 18.6. The number of anilines is 1. The monoisotopic (exact) mass is 273 g/mol. The molecule has 3 heteroatoms. The molecule has 3 nitrogen and oxygen atoms in total. The molecule has 0 saturated heterocycles. The number of aromatic nitrogens is 2. The summed E-state index contributed by atoms with van der Waals surface area (Å²) in [5, 5.41) is 2.46. The van der Waals surface area contributed by atoms with Crippen molar-refractivity contribution in [2.24, 2.45) is 0 Å². The van der Waals surface area contributed by atoms with E-state index in [4.69, 9.17) is 10.7 Å². The number of nitrogen functional groups attached to an aromatic ring is 1. The van der Waals surface area contributed by atoms with E-state index in [9.17, 15) is 0 Å². The van der Waals surface area contributed by atoms with Gasteiger partial charge in [0, 0.05) is 17.5 Å². The first-order valence-corrected chi connectivity index (χ1v) is 6.96. The van der Waals surface area contributed by atoms with E-state index in [2.05, 4.69) is 49.4 Å². The maximum atomic E-state index is 6.02. The van der Waals surface area contributed by atoms with Crippen LogP contribution < -0.4 is 5.73 Å².